The van der Waals surface area contributed by atoms with Gasteiger partial charge in [-0.2, -0.15) is 0 Å². The molecule has 1 fully saturated rings. The number of likely N-dealkylation sites (tertiary alicyclic amines) is 1. The number of allylic oxidation sites excluding steroid dienone is 4. The summed E-state index contributed by atoms with van der Waals surface area (Å²) in [5, 5.41) is 0. The molecule has 1 aliphatic rings. The molecule has 31 heavy (non-hydrogen) atoms. The minimum absolute atomic E-state index is 0.363. The van der Waals surface area contributed by atoms with Crippen molar-refractivity contribution in [1.82, 2.24) is 4.90 Å². The van der Waals surface area contributed by atoms with Crippen molar-refractivity contribution in [2.24, 2.45) is 0 Å². The first-order chi connectivity index (χ1) is 15.3. The summed E-state index contributed by atoms with van der Waals surface area (Å²) in [6.07, 6.45) is 36.6. The molecule has 0 spiro atoms. The first-order valence-corrected chi connectivity index (χ1v) is 13.9. The normalized spacial score (nSPS) is 14.4. The van der Waals surface area contributed by atoms with Crippen molar-refractivity contribution >= 4 is 5.91 Å². The van der Waals surface area contributed by atoms with Crippen molar-refractivity contribution in [2.75, 3.05) is 13.1 Å². The molecule has 0 aromatic heterocycles. The monoisotopic (exact) mass is 431 g/mol. The minimum atomic E-state index is 0.363. The Kier molecular flexibility index (Phi) is 20.0. The van der Waals surface area contributed by atoms with Crippen LogP contribution in [0.2, 0.25) is 0 Å². The van der Waals surface area contributed by atoms with Crippen molar-refractivity contribution in [2.45, 2.75) is 142 Å². The van der Waals surface area contributed by atoms with E-state index in [1.165, 1.54) is 103 Å². The standard InChI is InChI=1S/C29H53NO/c1-2-3-4-5-6-7-8-9-10-11-12-13-14-15-16-17-18-19-20-21-22-23-26-29(31)30-27-24-25-28-30/h16-17,20-21H,2-15,18-19,22-28H2,1H3/b17-16+,21-20+. The smallest absolute Gasteiger partial charge is 0.222 e. The largest absolute Gasteiger partial charge is 0.343 e. The molecule has 1 heterocycles. The summed E-state index contributed by atoms with van der Waals surface area (Å²) in [5.74, 6) is 0.363. The molecule has 0 aliphatic carbocycles. The molecular weight excluding hydrogens is 378 g/mol. The van der Waals surface area contributed by atoms with E-state index in [2.05, 4.69) is 31.2 Å². The third-order valence-electron chi connectivity index (χ3n) is 6.53. The summed E-state index contributed by atoms with van der Waals surface area (Å²) in [6, 6.07) is 0. The van der Waals surface area contributed by atoms with Gasteiger partial charge in [-0.25, -0.2) is 0 Å². The molecule has 0 bridgehead atoms. The van der Waals surface area contributed by atoms with E-state index in [1.54, 1.807) is 0 Å². The lowest BCUT2D eigenvalue weighted by atomic mass is 10.0. The highest BCUT2D eigenvalue weighted by Crippen LogP contribution is 2.13. The van der Waals surface area contributed by atoms with Gasteiger partial charge >= 0.3 is 0 Å². The van der Waals surface area contributed by atoms with E-state index >= 15 is 0 Å². The topological polar surface area (TPSA) is 20.3 Å². The quantitative estimate of drug-likeness (QED) is 0.131. The van der Waals surface area contributed by atoms with Gasteiger partial charge in [-0.3, -0.25) is 4.79 Å². The predicted octanol–water partition coefficient (Wildman–Crippen LogP) is 9.15. The summed E-state index contributed by atoms with van der Waals surface area (Å²) in [6.45, 7) is 4.26. The second kappa shape index (κ2) is 22.2. The van der Waals surface area contributed by atoms with Crippen molar-refractivity contribution < 1.29 is 4.79 Å². The van der Waals surface area contributed by atoms with E-state index in [-0.39, 0.29) is 0 Å². The highest BCUT2D eigenvalue weighted by Gasteiger charge is 2.16. The number of hydrogen-bond acceptors (Lipinski definition) is 1. The molecule has 0 radical (unpaired) electrons. The van der Waals surface area contributed by atoms with E-state index < -0.39 is 0 Å². The molecule has 2 nitrogen and oxygen atoms in total. The number of hydrogen-bond donors (Lipinski definition) is 0. The van der Waals surface area contributed by atoms with Crippen LogP contribution in [0.1, 0.15) is 142 Å². The van der Waals surface area contributed by atoms with Crippen LogP contribution in [0.3, 0.4) is 0 Å². The molecule has 1 rings (SSSR count). The van der Waals surface area contributed by atoms with E-state index in [9.17, 15) is 4.79 Å². The van der Waals surface area contributed by atoms with Gasteiger partial charge in [0.2, 0.25) is 5.91 Å². The lowest BCUT2D eigenvalue weighted by molar-refractivity contribution is -0.130. The van der Waals surface area contributed by atoms with Gasteiger partial charge in [0.25, 0.3) is 0 Å². The summed E-state index contributed by atoms with van der Waals surface area (Å²) in [5.41, 5.74) is 0. The fourth-order valence-electron chi connectivity index (χ4n) is 4.44. The van der Waals surface area contributed by atoms with Crippen LogP contribution in [0, 0.1) is 0 Å². The van der Waals surface area contributed by atoms with Crippen molar-refractivity contribution in [3.8, 4) is 0 Å². The fraction of sp³-hybridized carbons (Fsp3) is 0.828. The second-order valence-corrected chi connectivity index (χ2v) is 9.53. The molecular formula is C29H53NO. The number of nitrogens with zero attached hydrogens (tertiary/aromatic N) is 1. The molecule has 1 aliphatic heterocycles. The van der Waals surface area contributed by atoms with Crippen LogP contribution >= 0.6 is 0 Å². The van der Waals surface area contributed by atoms with Crippen molar-refractivity contribution in [1.29, 1.82) is 0 Å². The lowest BCUT2D eigenvalue weighted by Crippen LogP contribution is -2.27. The summed E-state index contributed by atoms with van der Waals surface area (Å²) in [7, 11) is 0. The van der Waals surface area contributed by atoms with Crippen LogP contribution < -0.4 is 0 Å². The Morgan fingerprint density at radius 1 is 0.581 bits per heavy atom. The Labute approximate surface area is 194 Å². The maximum Gasteiger partial charge on any atom is 0.222 e. The van der Waals surface area contributed by atoms with Gasteiger partial charge in [-0.1, -0.05) is 108 Å². The molecule has 0 atom stereocenters. The number of rotatable bonds is 21. The second-order valence-electron chi connectivity index (χ2n) is 9.53. The van der Waals surface area contributed by atoms with E-state index in [1.807, 2.05) is 4.90 Å². The highest BCUT2D eigenvalue weighted by atomic mass is 16.2. The molecule has 0 unspecified atom stereocenters. The third-order valence-corrected chi connectivity index (χ3v) is 6.53. The van der Waals surface area contributed by atoms with Crippen molar-refractivity contribution in [3.63, 3.8) is 0 Å². The molecule has 0 aromatic carbocycles. The zero-order chi connectivity index (χ0) is 22.2. The zero-order valence-electron chi connectivity index (χ0n) is 20.9. The van der Waals surface area contributed by atoms with Crippen LogP contribution in [-0.4, -0.2) is 23.9 Å². The van der Waals surface area contributed by atoms with E-state index in [0.717, 1.165) is 45.2 Å². The number of unbranched alkanes of at least 4 members (excludes halogenated alkanes) is 15. The molecule has 180 valence electrons. The van der Waals surface area contributed by atoms with Gasteiger partial charge in [-0.05, 0) is 51.4 Å². The predicted molar refractivity (Wildman–Crippen MR) is 137 cm³/mol. The Balaban J connectivity index is 1.74. The number of carbonyl (C=O) groups is 1. The van der Waals surface area contributed by atoms with Crippen LogP contribution in [0.5, 0.6) is 0 Å². The number of carbonyl (C=O) groups excluding carboxylic acids is 1. The van der Waals surface area contributed by atoms with Gasteiger partial charge < -0.3 is 4.90 Å². The Morgan fingerprint density at radius 2 is 1.00 bits per heavy atom. The first-order valence-electron chi connectivity index (χ1n) is 13.9. The van der Waals surface area contributed by atoms with E-state index in [0.29, 0.717) is 5.91 Å². The van der Waals surface area contributed by atoms with E-state index in [4.69, 9.17) is 0 Å². The van der Waals surface area contributed by atoms with Crippen LogP contribution in [0.4, 0.5) is 0 Å². The van der Waals surface area contributed by atoms with Gasteiger partial charge in [0, 0.05) is 19.5 Å². The molecule has 1 saturated heterocycles. The fourth-order valence-corrected chi connectivity index (χ4v) is 4.44. The van der Waals surface area contributed by atoms with Gasteiger partial charge in [0.05, 0.1) is 0 Å². The highest BCUT2D eigenvalue weighted by molar-refractivity contribution is 5.76. The molecule has 0 aromatic rings. The summed E-state index contributed by atoms with van der Waals surface area (Å²) < 4.78 is 0. The maximum atomic E-state index is 11.9. The lowest BCUT2D eigenvalue weighted by Gasteiger charge is -2.14. The van der Waals surface area contributed by atoms with Gasteiger partial charge in [0.1, 0.15) is 0 Å². The first kappa shape index (κ1) is 28.0. The number of amides is 1. The molecule has 1 amide bonds. The van der Waals surface area contributed by atoms with Gasteiger partial charge in [0.15, 0.2) is 0 Å². The molecule has 0 N–H and O–H groups in total. The maximum absolute atomic E-state index is 11.9. The Bertz CT molecular complexity index is 448. The SMILES string of the molecule is CCCCCCCCCCCCCCC/C=C/CC/C=C/CCCC(=O)N1CCCC1. The van der Waals surface area contributed by atoms with Crippen LogP contribution in [0.25, 0.3) is 0 Å². The van der Waals surface area contributed by atoms with Gasteiger partial charge in [-0.15, -0.1) is 0 Å². The average Bonchev–Trinajstić information content (AvgIpc) is 3.32. The van der Waals surface area contributed by atoms with Crippen LogP contribution in [0.15, 0.2) is 24.3 Å². The minimum Gasteiger partial charge on any atom is -0.343 e. The Hall–Kier alpha value is -1.05. The zero-order valence-corrected chi connectivity index (χ0v) is 20.9. The van der Waals surface area contributed by atoms with Crippen molar-refractivity contribution in [3.05, 3.63) is 24.3 Å². The summed E-state index contributed by atoms with van der Waals surface area (Å²) >= 11 is 0. The van der Waals surface area contributed by atoms with Crippen LogP contribution in [-0.2, 0) is 4.79 Å². The molecule has 0 saturated carbocycles. The summed E-state index contributed by atoms with van der Waals surface area (Å²) in [4.78, 5) is 14.0. The third kappa shape index (κ3) is 18.2. The molecule has 2 heteroatoms. The Morgan fingerprint density at radius 3 is 1.52 bits per heavy atom. The average molecular weight is 432 g/mol.